The number of ether oxygens (including phenoxy) is 2. The van der Waals surface area contributed by atoms with Crippen molar-refractivity contribution in [3.63, 3.8) is 0 Å². The van der Waals surface area contributed by atoms with E-state index < -0.39 is 0 Å². The second-order valence-electron chi connectivity index (χ2n) is 4.50. The molecule has 0 aliphatic rings. The molecular weight excluding hydrogens is 314 g/mol. The summed E-state index contributed by atoms with van der Waals surface area (Å²) in [5.74, 6) is 1.99. The molecule has 0 bridgehead atoms. The number of methoxy groups -OCH3 is 2. The molecule has 0 amide bonds. The first kappa shape index (κ1) is 17.1. The molecule has 0 saturated heterocycles. The van der Waals surface area contributed by atoms with E-state index in [4.69, 9.17) is 21.1 Å². The van der Waals surface area contributed by atoms with E-state index >= 15 is 0 Å². The maximum absolute atomic E-state index is 6.22. The highest BCUT2D eigenvalue weighted by molar-refractivity contribution is 6.32. The molecule has 2 heterocycles. The molecule has 0 aliphatic carbocycles. The molecule has 23 heavy (non-hydrogen) atoms. The third-order valence-electron chi connectivity index (χ3n) is 3.29. The summed E-state index contributed by atoms with van der Waals surface area (Å²) in [4.78, 5) is 8.78. The summed E-state index contributed by atoms with van der Waals surface area (Å²) in [6.45, 7) is 5.93. The van der Waals surface area contributed by atoms with E-state index in [1.165, 1.54) is 0 Å². The van der Waals surface area contributed by atoms with Crippen LogP contribution >= 0.6 is 11.6 Å². The number of hydrogen-bond acceptors (Lipinski definition) is 4. The standard InChI is InChI=1S/C15H14ClN3O2.C2H6/c1-9-18-12-6-7-17-15(21-3)14(12)19(9)10-4-5-13(20-2)11(16)8-10;1-2/h4-8H,1-3H3;1-2H3. The molecular formula is C17H20ClN3O2. The van der Waals surface area contributed by atoms with Crippen LogP contribution in [0.2, 0.25) is 5.02 Å². The fourth-order valence-electron chi connectivity index (χ4n) is 2.37. The molecule has 122 valence electrons. The summed E-state index contributed by atoms with van der Waals surface area (Å²) in [5, 5.41) is 0.541. The SMILES string of the molecule is CC.COc1ccc(-n2c(C)nc3ccnc(OC)c32)cc1Cl. The third kappa shape index (κ3) is 3.10. The number of rotatable bonds is 3. The quantitative estimate of drug-likeness (QED) is 0.711. The Morgan fingerprint density at radius 3 is 2.43 bits per heavy atom. The molecule has 0 N–H and O–H groups in total. The first-order valence-electron chi connectivity index (χ1n) is 7.37. The molecule has 5 nitrogen and oxygen atoms in total. The molecule has 0 spiro atoms. The Kier molecular flexibility index (Phi) is 5.45. The van der Waals surface area contributed by atoms with E-state index in [-0.39, 0.29) is 0 Å². The minimum atomic E-state index is 0.528. The number of benzene rings is 1. The maximum atomic E-state index is 6.22. The molecule has 2 aromatic heterocycles. The van der Waals surface area contributed by atoms with Gasteiger partial charge in [-0.05, 0) is 31.2 Å². The van der Waals surface area contributed by atoms with Crippen LogP contribution in [-0.2, 0) is 0 Å². The van der Waals surface area contributed by atoms with Gasteiger partial charge in [0.2, 0.25) is 5.88 Å². The molecule has 6 heteroatoms. The summed E-state index contributed by atoms with van der Waals surface area (Å²) in [6, 6.07) is 7.44. The van der Waals surface area contributed by atoms with Crippen molar-refractivity contribution in [2.45, 2.75) is 20.8 Å². The average molecular weight is 334 g/mol. The molecule has 0 saturated carbocycles. The Morgan fingerprint density at radius 2 is 1.83 bits per heavy atom. The van der Waals surface area contributed by atoms with Crippen LogP contribution in [0.4, 0.5) is 0 Å². The first-order chi connectivity index (χ1) is 11.2. The van der Waals surface area contributed by atoms with Crippen LogP contribution in [0.5, 0.6) is 11.6 Å². The average Bonchev–Trinajstić information content (AvgIpc) is 2.92. The van der Waals surface area contributed by atoms with Crippen LogP contribution in [0.1, 0.15) is 19.7 Å². The highest BCUT2D eigenvalue weighted by Gasteiger charge is 2.15. The minimum absolute atomic E-state index is 0.528. The second-order valence-corrected chi connectivity index (χ2v) is 4.91. The number of aryl methyl sites for hydroxylation is 1. The van der Waals surface area contributed by atoms with Crippen LogP contribution in [0.15, 0.2) is 30.5 Å². The molecule has 0 aliphatic heterocycles. The summed E-state index contributed by atoms with van der Waals surface area (Å²) in [6.07, 6.45) is 1.68. The number of nitrogens with zero attached hydrogens (tertiary/aromatic N) is 3. The lowest BCUT2D eigenvalue weighted by atomic mass is 10.3. The van der Waals surface area contributed by atoms with Gasteiger partial charge in [-0.15, -0.1) is 0 Å². The van der Waals surface area contributed by atoms with E-state index in [0.29, 0.717) is 16.7 Å². The Morgan fingerprint density at radius 1 is 1.09 bits per heavy atom. The zero-order valence-corrected chi connectivity index (χ0v) is 14.7. The minimum Gasteiger partial charge on any atom is -0.495 e. The summed E-state index contributed by atoms with van der Waals surface area (Å²) in [7, 11) is 3.18. The molecule has 3 aromatic rings. The Hall–Kier alpha value is -2.27. The van der Waals surface area contributed by atoms with Crippen molar-refractivity contribution in [3.8, 4) is 17.3 Å². The maximum Gasteiger partial charge on any atom is 0.240 e. The van der Waals surface area contributed by atoms with E-state index in [2.05, 4.69) is 9.97 Å². The van der Waals surface area contributed by atoms with Gasteiger partial charge in [0.15, 0.2) is 0 Å². The van der Waals surface area contributed by atoms with Gasteiger partial charge >= 0.3 is 0 Å². The van der Waals surface area contributed by atoms with Crippen molar-refractivity contribution in [1.82, 2.24) is 14.5 Å². The van der Waals surface area contributed by atoms with Crippen LogP contribution in [0, 0.1) is 6.92 Å². The van der Waals surface area contributed by atoms with Crippen LogP contribution in [-0.4, -0.2) is 28.8 Å². The highest BCUT2D eigenvalue weighted by Crippen LogP contribution is 2.31. The van der Waals surface area contributed by atoms with Gasteiger partial charge < -0.3 is 9.47 Å². The highest BCUT2D eigenvalue weighted by atomic mass is 35.5. The summed E-state index contributed by atoms with van der Waals surface area (Å²) in [5.41, 5.74) is 2.53. The van der Waals surface area contributed by atoms with E-state index in [0.717, 1.165) is 22.5 Å². The van der Waals surface area contributed by atoms with E-state index in [1.807, 2.05) is 49.6 Å². The van der Waals surface area contributed by atoms with Gasteiger partial charge in [-0.3, -0.25) is 4.57 Å². The van der Waals surface area contributed by atoms with Crippen LogP contribution < -0.4 is 9.47 Å². The number of hydrogen-bond donors (Lipinski definition) is 0. The van der Waals surface area contributed by atoms with Crippen LogP contribution in [0.3, 0.4) is 0 Å². The smallest absolute Gasteiger partial charge is 0.240 e. The number of aromatic nitrogens is 3. The van der Waals surface area contributed by atoms with Gasteiger partial charge in [-0.25, -0.2) is 9.97 Å². The number of fused-ring (bicyclic) bond motifs is 1. The van der Waals surface area contributed by atoms with Crippen molar-refractivity contribution in [3.05, 3.63) is 41.3 Å². The number of imidazole rings is 1. The van der Waals surface area contributed by atoms with Crippen molar-refractivity contribution < 1.29 is 9.47 Å². The Labute approximate surface area is 140 Å². The molecule has 0 radical (unpaired) electrons. The molecule has 1 aromatic carbocycles. The fraction of sp³-hybridized carbons (Fsp3) is 0.294. The Bertz CT molecular complexity index is 815. The van der Waals surface area contributed by atoms with Crippen LogP contribution in [0.25, 0.3) is 16.7 Å². The van der Waals surface area contributed by atoms with Gasteiger partial charge in [0, 0.05) is 11.9 Å². The van der Waals surface area contributed by atoms with Gasteiger partial charge in [-0.2, -0.15) is 0 Å². The first-order valence-corrected chi connectivity index (χ1v) is 7.75. The lowest BCUT2D eigenvalue weighted by Gasteiger charge is -2.11. The monoisotopic (exact) mass is 333 g/mol. The second kappa shape index (κ2) is 7.33. The fourth-order valence-corrected chi connectivity index (χ4v) is 2.62. The van der Waals surface area contributed by atoms with Gasteiger partial charge in [0.1, 0.15) is 17.1 Å². The van der Waals surface area contributed by atoms with Gasteiger partial charge in [-0.1, -0.05) is 25.4 Å². The zero-order valence-electron chi connectivity index (χ0n) is 13.9. The molecule has 3 rings (SSSR count). The van der Waals surface area contributed by atoms with Gasteiger partial charge in [0.25, 0.3) is 0 Å². The Balaban J connectivity index is 0.000000924. The molecule has 0 fully saturated rings. The molecule has 0 atom stereocenters. The lowest BCUT2D eigenvalue weighted by molar-refractivity contribution is 0.402. The van der Waals surface area contributed by atoms with Gasteiger partial charge in [0.05, 0.1) is 24.8 Å². The largest absolute Gasteiger partial charge is 0.495 e. The lowest BCUT2D eigenvalue weighted by Crippen LogP contribution is -2.00. The normalized spacial score (nSPS) is 10.2. The number of pyridine rings is 1. The number of halogens is 1. The predicted molar refractivity (Wildman–Crippen MR) is 93.1 cm³/mol. The summed E-state index contributed by atoms with van der Waals surface area (Å²) < 4.78 is 12.5. The van der Waals surface area contributed by atoms with Crippen molar-refractivity contribution in [2.75, 3.05) is 14.2 Å². The predicted octanol–water partition coefficient (Wildman–Crippen LogP) is 4.43. The van der Waals surface area contributed by atoms with E-state index in [9.17, 15) is 0 Å². The summed E-state index contributed by atoms with van der Waals surface area (Å²) >= 11 is 6.22. The van der Waals surface area contributed by atoms with Crippen molar-refractivity contribution >= 4 is 22.6 Å². The van der Waals surface area contributed by atoms with Crippen molar-refractivity contribution in [2.24, 2.45) is 0 Å². The third-order valence-corrected chi connectivity index (χ3v) is 3.58. The molecule has 0 unspecified atom stereocenters. The van der Waals surface area contributed by atoms with E-state index in [1.54, 1.807) is 20.4 Å². The zero-order chi connectivity index (χ0) is 17.0. The topological polar surface area (TPSA) is 49.2 Å². The van der Waals surface area contributed by atoms with Crippen molar-refractivity contribution in [1.29, 1.82) is 0 Å².